The molecule has 1 aliphatic rings. The van der Waals surface area contributed by atoms with Gasteiger partial charge in [0.2, 0.25) is 0 Å². The highest BCUT2D eigenvalue weighted by Crippen LogP contribution is 2.27. The number of nitrogens with one attached hydrogen (secondary N) is 1. The van der Waals surface area contributed by atoms with E-state index < -0.39 is 0 Å². The zero-order chi connectivity index (χ0) is 12.3. The van der Waals surface area contributed by atoms with Crippen LogP contribution in [0.15, 0.2) is 27.1 Å². The lowest BCUT2D eigenvalue weighted by Gasteiger charge is -2.34. The van der Waals surface area contributed by atoms with Crippen LogP contribution in [0.3, 0.4) is 0 Å². The number of halogens is 2. The average molecular weight is 364 g/mol. The zero-order valence-corrected chi connectivity index (χ0v) is 12.7. The maximum Gasteiger partial charge on any atom is 0.0628 e. The van der Waals surface area contributed by atoms with Crippen LogP contribution in [-0.4, -0.2) is 42.8 Å². The maximum atomic E-state index is 9.62. The van der Waals surface area contributed by atoms with Gasteiger partial charge in [-0.1, -0.05) is 31.9 Å². The van der Waals surface area contributed by atoms with Gasteiger partial charge in [-0.25, -0.2) is 0 Å². The molecule has 1 aromatic carbocycles. The van der Waals surface area contributed by atoms with E-state index in [4.69, 9.17) is 0 Å². The molecule has 0 bridgehead atoms. The van der Waals surface area contributed by atoms with Gasteiger partial charge in [-0.15, -0.1) is 0 Å². The fourth-order valence-corrected chi connectivity index (χ4v) is 3.52. The molecule has 3 nitrogen and oxygen atoms in total. The third kappa shape index (κ3) is 3.51. The van der Waals surface area contributed by atoms with Crippen molar-refractivity contribution in [3.05, 3.63) is 32.7 Å². The fraction of sp³-hybridized carbons (Fsp3) is 0.500. The van der Waals surface area contributed by atoms with E-state index in [1.54, 1.807) is 0 Å². The number of nitrogens with zero attached hydrogens (tertiary/aromatic N) is 1. The summed E-state index contributed by atoms with van der Waals surface area (Å²) in [5, 5.41) is 12.9. The molecule has 94 valence electrons. The number of aliphatic hydroxyl groups excluding tert-OH is 1. The molecule has 0 unspecified atom stereocenters. The summed E-state index contributed by atoms with van der Waals surface area (Å²) < 4.78 is 2.07. The molecule has 1 aliphatic heterocycles. The second-order valence-electron chi connectivity index (χ2n) is 4.19. The Bertz CT molecular complexity index is 361. The first kappa shape index (κ1) is 13.5. The summed E-state index contributed by atoms with van der Waals surface area (Å²) in [5.74, 6) is 0. The van der Waals surface area contributed by atoms with Gasteiger partial charge >= 0.3 is 0 Å². The van der Waals surface area contributed by atoms with Crippen molar-refractivity contribution in [2.75, 3.05) is 32.8 Å². The van der Waals surface area contributed by atoms with Crippen LogP contribution in [0.5, 0.6) is 0 Å². The van der Waals surface area contributed by atoms with Crippen molar-refractivity contribution in [1.29, 1.82) is 0 Å². The standard InChI is InChI=1S/C12H16Br2N2O/c13-10-5-9(6-11(14)7-10)12(8-17)16-3-1-15-2-4-16/h5-7,12,15,17H,1-4,8H2/t12-/m1/s1. The van der Waals surface area contributed by atoms with E-state index in [2.05, 4.69) is 54.2 Å². The molecule has 2 rings (SSSR count). The Morgan fingerprint density at radius 2 is 1.76 bits per heavy atom. The molecule has 0 spiro atoms. The molecule has 0 aromatic heterocycles. The molecule has 0 saturated carbocycles. The van der Waals surface area contributed by atoms with Crippen LogP contribution in [0, 0.1) is 0 Å². The number of rotatable bonds is 3. The summed E-state index contributed by atoms with van der Waals surface area (Å²) in [6.07, 6.45) is 0. The molecule has 0 radical (unpaired) electrons. The van der Waals surface area contributed by atoms with Crippen molar-refractivity contribution < 1.29 is 5.11 Å². The summed E-state index contributed by atoms with van der Waals surface area (Å²) in [6, 6.07) is 6.25. The summed E-state index contributed by atoms with van der Waals surface area (Å²) in [7, 11) is 0. The van der Waals surface area contributed by atoms with E-state index in [1.165, 1.54) is 0 Å². The Hall–Kier alpha value is 0.0600. The minimum absolute atomic E-state index is 0.0888. The van der Waals surface area contributed by atoms with Gasteiger partial charge in [0.1, 0.15) is 0 Å². The van der Waals surface area contributed by atoms with Crippen LogP contribution in [0.2, 0.25) is 0 Å². The lowest BCUT2D eigenvalue weighted by Crippen LogP contribution is -2.46. The molecular formula is C12H16Br2N2O. The third-order valence-electron chi connectivity index (χ3n) is 3.03. The van der Waals surface area contributed by atoms with E-state index in [0.29, 0.717) is 0 Å². The summed E-state index contributed by atoms with van der Waals surface area (Å²) in [4.78, 5) is 2.32. The molecule has 1 aromatic rings. The Labute approximate surface area is 118 Å². The van der Waals surface area contributed by atoms with Crippen LogP contribution in [-0.2, 0) is 0 Å². The topological polar surface area (TPSA) is 35.5 Å². The van der Waals surface area contributed by atoms with Gasteiger partial charge in [-0.3, -0.25) is 4.90 Å². The number of aliphatic hydroxyl groups is 1. The summed E-state index contributed by atoms with van der Waals surface area (Å²) in [6.45, 7) is 4.10. The first-order valence-electron chi connectivity index (χ1n) is 5.72. The van der Waals surface area contributed by atoms with Crippen molar-refractivity contribution in [1.82, 2.24) is 10.2 Å². The first-order chi connectivity index (χ1) is 8.20. The van der Waals surface area contributed by atoms with Crippen molar-refractivity contribution >= 4 is 31.9 Å². The third-order valence-corrected chi connectivity index (χ3v) is 3.95. The Kier molecular flexibility index (Phi) is 4.99. The van der Waals surface area contributed by atoms with Crippen molar-refractivity contribution in [2.45, 2.75) is 6.04 Å². The van der Waals surface area contributed by atoms with Gasteiger partial charge < -0.3 is 10.4 Å². The second-order valence-corrected chi connectivity index (χ2v) is 6.02. The molecule has 17 heavy (non-hydrogen) atoms. The highest BCUT2D eigenvalue weighted by atomic mass is 79.9. The first-order valence-corrected chi connectivity index (χ1v) is 7.31. The van der Waals surface area contributed by atoms with E-state index in [9.17, 15) is 5.11 Å². The van der Waals surface area contributed by atoms with Crippen LogP contribution in [0.25, 0.3) is 0 Å². The lowest BCUT2D eigenvalue weighted by molar-refractivity contribution is 0.111. The zero-order valence-electron chi connectivity index (χ0n) is 9.50. The summed E-state index contributed by atoms with van der Waals surface area (Å²) in [5.41, 5.74) is 1.15. The minimum atomic E-state index is 0.0888. The Morgan fingerprint density at radius 3 is 2.29 bits per heavy atom. The van der Waals surface area contributed by atoms with Gasteiger partial charge in [-0.05, 0) is 23.8 Å². The van der Waals surface area contributed by atoms with E-state index in [1.807, 2.05) is 6.07 Å². The molecule has 5 heteroatoms. The summed E-state index contributed by atoms with van der Waals surface area (Å²) >= 11 is 6.98. The molecular weight excluding hydrogens is 348 g/mol. The lowest BCUT2D eigenvalue weighted by atomic mass is 10.1. The molecule has 1 heterocycles. The molecule has 1 atom stereocenters. The molecule has 1 fully saturated rings. The smallest absolute Gasteiger partial charge is 0.0628 e. The van der Waals surface area contributed by atoms with Crippen molar-refractivity contribution in [3.8, 4) is 0 Å². The van der Waals surface area contributed by atoms with Crippen molar-refractivity contribution in [2.24, 2.45) is 0 Å². The van der Waals surface area contributed by atoms with Gasteiger partial charge in [0, 0.05) is 35.1 Å². The number of piperazine rings is 1. The molecule has 2 N–H and O–H groups in total. The van der Waals surface area contributed by atoms with Crippen LogP contribution in [0.4, 0.5) is 0 Å². The number of hydrogen-bond acceptors (Lipinski definition) is 3. The van der Waals surface area contributed by atoms with E-state index in [0.717, 1.165) is 40.7 Å². The van der Waals surface area contributed by atoms with Crippen LogP contribution in [0.1, 0.15) is 11.6 Å². The van der Waals surface area contributed by atoms with Gasteiger partial charge in [0.05, 0.1) is 12.6 Å². The predicted octanol–water partition coefficient (Wildman–Crippen LogP) is 2.15. The monoisotopic (exact) mass is 362 g/mol. The second kappa shape index (κ2) is 6.29. The van der Waals surface area contributed by atoms with Crippen molar-refractivity contribution in [3.63, 3.8) is 0 Å². The van der Waals surface area contributed by atoms with E-state index >= 15 is 0 Å². The Morgan fingerprint density at radius 1 is 1.18 bits per heavy atom. The number of benzene rings is 1. The highest BCUT2D eigenvalue weighted by molar-refractivity contribution is 9.11. The normalized spacial score (nSPS) is 19.2. The molecule has 0 amide bonds. The van der Waals surface area contributed by atoms with Gasteiger partial charge in [-0.2, -0.15) is 0 Å². The van der Waals surface area contributed by atoms with Crippen LogP contribution >= 0.6 is 31.9 Å². The largest absolute Gasteiger partial charge is 0.394 e. The highest BCUT2D eigenvalue weighted by Gasteiger charge is 2.21. The quantitative estimate of drug-likeness (QED) is 0.863. The minimum Gasteiger partial charge on any atom is -0.394 e. The molecule has 0 aliphatic carbocycles. The average Bonchev–Trinajstić information content (AvgIpc) is 2.30. The Balaban J connectivity index is 2.21. The fourth-order valence-electron chi connectivity index (χ4n) is 2.19. The van der Waals surface area contributed by atoms with Gasteiger partial charge in [0.15, 0.2) is 0 Å². The predicted molar refractivity (Wildman–Crippen MR) is 76.1 cm³/mol. The van der Waals surface area contributed by atoms with E-state index in [-0.39, 0.29) is 12.6 Å². The number of hydrogen-bond donors (Lipinski definition) is 2. The molecule has 1 saturated heterocycles. The van der Waals surface area contributed by atoms with Crippen LogP contribution < -0.4 is 5.32 Å². The SMILES string of the molecule is OC[C@H](c1cc(Br)cc(Br)c1)N1CCNCC1. The maximum absolute atomic E-state index is 9.62. The van der Waals surface area contributed by atoms with Gasteiger partial charge in [0.25, 0.3) is 0 Å².